The summed E-state index contributed by atoms with van der Waals surface area (Å²) in [6.07, 6.45) is -5.88. The van der Waals surface area contributed by atoms with Crippen molar-refractivity contribution in [3.8, 4) is 57.5 Å². The molecule has 22 nitrogen and oxygen atoms in total. The van der Waals surface area contributed by atoms with Gasteiger partial charge in [0.1, 0.15) is 46.7 Å². The Hall–Kier alpha value is -8.82. The van der Waals surface area contributed by atoms with Crippen LogP contribution in [0.1, 0.15) is 109 Å². The van der Waals surface area contributed by atoms with Crippen molar-refractivity contribution in [2.24, 2.45) is 0 Å². The van der Waals surface area contributed by atoms with Gasteiger partial charge in [0, 0.05) is 128 Å². The van der Waals surface area contributed by atoms with Gasteiger partial charge in [-0.2, -0.15) is 0 Å². The second-order valence-electron chi connectivity index (χ2n) is 16.4. The predicted octanol–water partition coefficient (Wildman–Crippen LogP) is 6.14. The molecule has 4 atom stereocenters. The summed E-state index contributed by atoms with van der Waals surface area (Å²) in [6, 6.07) is 13.6. The molecule has 0 fully saturated rings. The maximum atomic E-state index is 13.7. The SMILES string of the molecule is CC(=O)Oc1cc(OC(C)=O)c2c(c1)O[C@H](c1ccc(OC(C)=O)c(OC(C)=O)c1)[C@@H](OC(=O)CCCC(=O)O[C@H]1Cc3c(OC(C)=O)cc(OC(C)=O)cc3O[C@@H]1c1ccc(OC(C)=O)c(OC(C)=O)c1)C2. The van der Waals surface area contributed by atoms with Crippen LogP contribution in [0.15, 0.2) is 60.7 Å². The Balaban J connectivity index is 1.26. The van der Waals surface area contributed by atoms with Gasteiger partial charge in [-0.15, -0.1) is 0 Å². The zero-order valence-electron chi connectivity index (χ0n) is 40.6. The molecule has 0 saturated heterocycles. The summed E-state index contributed by atoms with van der Waals surface area (Å²) < 4.78 is 67.2. The second kappa shape index (κ2) is 23.4. The number of carbonyl (C=O) groups excluding carboxylic acids is 10. The van der Waals surface area contributed by atoms with E-state index in [9.17, 15) is 47.9 Å². The molecule has 0 aromatic heterocycles. The summed E-state index contributed by atoms with van der Waals surface area (Å²) in [5.41, 5.74) is 1.04. The second-order valence-corrected chi connectivity index (χ2v) is 16.4. The van der Waals surface area contributed by atoms with E-state index in [2.05, 4.69) is 0 Å². The molecule has 0 saturated carbocycles. The Kier molecular flexibility index (Phi) is 17.2. The fourth-order valence-electron chi connectivity index (χ4n) is 7.74. The summed E-state index contributed by atoms with van der Waals surface area (Å²) in [7, 11) is 0. The minimum atomic E-state index is -1.19. The van der Waals surface area contributed by atoms with E-state index in [1.165, 1.54) is 60.7 Å². The first-order chi connectivity index (χ1) is 34.5. The van der Waals surface area contributed by atoms with Gasteiger partial charge < -0.3 is 56.8 Å². The van der Waals surface area contributed by atoms with Crippen molar-refractivity contribution in [2.75, 3.05) is 0 Å². The largest absolute Gasteiger partial charge is 0.481 e. The number of rotatable bonds is 16. The first-order valence-electron chi connectivity index (χ1n) is 22.3. The van der Waals surface area contributed by atoms with E-state index in [1.807, 2.05) is 0 Å². The molecule has 4 aromatic carbocycles. The predicted molar refractivity (Wildman–Crippen MR) is 244 cm³/mol. The zero-order chi connectivity index (χ0) is 53.3. The molecule has 4 aromatic rings. The third-order valence-electron chi connectivity index (χ3n) is 10.2. The van der Waals surface area contributed by atoms with E-state index < -0.39 is 84.1 Å². The van der Waals surface area contributed by atoms with Gasteiger partial charge >= 0.3 is 59.7 Å². The van der Waals surface area contributed by atoms with Crippen molar-refractivity contribution in [3.63, 3.8) is 0 Å². The number of hydrogen-bond acceptors (Lipinski definition) is 22. The minimum absolute atomic E-state index is 0.0353. The van der Waals surface area contributed by atoms with Gasteiger partial charge in [0.15, 0.2) is 35.2 Å². The van der Waals surface area contributed by atoms with Crippen LogP contribution in [0.4, 0.5) is 0 Å². The van der Waals surface area contributed by atoms with Gasteiger partial charge in [-0.25, -0.2) is 0 Å². The summed E-state index contributed by atoms with van der Waals surface area (Å²) >= 11 is 0. The van der Waals surface area contributed by atoms with Crippen molar-refractivity contribution in [1.82, 2.24) is 0 Å². The van der Waals surface area contributed by atoms with Crippen molar-refractivity contribution < 1.29 is 105 Å². The normalized spacial score (nSPS) is 16.2. The van der Waals surface area contributed by atoms with E-state index >= 15 is 0 Å². The molecule has 73 heavy (non-hydrogen) atoms. The Morgan fingerprint density at radius 2 is 0.712 bits per heavy atom. The van der Waals surface area contributed by atoms with Crippen molar-refractivity contribution in [3.05, 3.63) is 82.9 Å². The maximum Gasteiger partial charge on any atom is 0.308 e. The van der Waals surface area contributed by atoms with Gasteiger partial charge in [0.25, 0.3) is 0 Å². The number of esters is 10. The molecule has 384 valence electrons. The van der Waals surface area contributed by atoms with Crippen molar-refractivity contribution >= 4 is 59.7 Å². The van der Waals surface area contributed by atoms with Crippen LogP contribution in [0.25, 0.3) is 0 Å². The van der Waals surface area contributed by atoms with E-state index in [0.717, 1.165) is 55.4 Å². The Labute approximate surface area is 415 Å². The highest BCUT2D eigenvalue weighted by Crippen LogP contribution is 2.47. The molecule has 0 bridgehead atoms. The third-order valence-corrected chi connectivity index (χ3v) is 10.2. The Morgan fingerprint density at radius 3 is 1.04 bits per heavy atom. The molecule has 0 unspecified atom stereocenters. The van der Waals surface area contributed by atoms with Crippen LogP contribution in [0.3, 0.4) is 0 Å². The van der Waals surface area contributed by atoms with Crippen LogP contribution in [-0.4, -0.2) is 71.9 Å². The molecule has 6 rings (SSSR count). The fourth-order valence-corrected chi connectivity index (χ4v) is 7.74. The van der Waals surface area contributed by atoms with Gasteiger partial charge in [-0.1, -0.05) is 12.1 Å². The quantitative estimate of drug-likeness (QED) is 0.0900. The lowest BCUT2D eigenvalue weighted by Gasteiger charge is -2.35. The Morgan fingerprint density at radius 1 is 0.397 bits per heavy atom. The molecule has 0 spiro atoms. The number of ether oxygens (including phenoxy) is 12. The van der Waals surface area contributed by atoms with Crippen molar-refractivity contribution in [1.29, 1.82) is 0 Å². The molecule has 2 heterocycles. The molecular weight excluding hydrogens is 965 g/mol. The van der Waals surface area contributed by atoms with Gasteiger partial charge in [-0.3, -0.25) is 47.9 Å². The van der Waals surface area contributed by atoms with Gasteiger partial charge in [0.2, 0.25) is 0 Å². The van der Waals surface area contributed by atoms with E-state index in [-0.39, 0.29) is 112 Å². The molecule has 0 aliphatic carbocycles. The van der Waals surface area contributed by atoms with Crippen LogP contribution in [0.2, 0.25) is 0 Å². The van der Waals surface area contributed by atoms with E-state index in [4.69, 9.17) is 56.8 Å². The summed E-state index contributed by atoms with van der Waals surface area (Å²) in [5.74, 6) is -7.95. The molecule has 22 heteroatoms. The van der Waals surface area contributed by atoms with Crippen LogP contribution >= 0.6 is 0 Å². The topological polar surface area (TPSA) is 281 Å². The molecule has 0 N–H and O–H groups in total. The van der Waals surface area contributed by atoms with Crippen molar-refractivity contribution in [2.45, 2.75) is 112 Å². The van der Waals surface area contributed by atoms with Crippen LogP contribution in [0, 0.1) is 0 Å². The smallest absolute Gasteiger partial charge is 0.308 e. The number of hydrogen-bond donors (Lipinski definition) is 0. The molecule has 2 aliphatic heterocycles. The highest BCUT2D eigenvalue weighted by Gasteiger charge is 2.40. The number of carbonyl (C=O) groups is 10. The van der Waals surface area contributed by atoms with Crippen LogP contribution in [-0.2, 0) is 70.3 Å². The number of benzene rings is 4. The zero-order valence-corrected chi connectivity index (χ0v) is 40.6. The monoisotopic (exact) mass is 1010 g/mol. The first kappa shape index (κ1) is 53.5. The maximum absolute atomic E-state index is 13.7. The average molecular weight is 1010 g/mol. The lowest BCUT2D eigenvalue weighted by Crippen LogP contribution is -2.35. The van der Waals surface area contributed by atoms with Gasteiger partial charge in [-0.05, 0) is 30.7 Å². The number of fused-ring (bicyclic) bond motifs is 2. The lowest BCUT2D eigenvalue weighted by molar-refractivity contribution is -0.158. The molecule has 0 radical (unpaired) electrons. The fraction of sp³-hybridized carbons (Fsp3) is 0.333. The highest BCUT2D eigenvalue weighted by atomic mass is 16.6. The summed E-state index contributed by atoms with van der Waals surface area (Å²) in [5, 5.41) is 0. The van der Waals surface area contributed by atoms with E-state index in [0.29, 0.717) is 0 Å². The standard InChI is InChI=1S/C51H48O22/c1-24(52)62-34-18-40(66-28(5)56)36-22-46(50(72-42(36)20-34)32-12-14-38(64-26(3)54)44(16-32)68-30(7)58)70-48(60)10-9-11-49(61)71-47-23-37-41(67-29(6)57)19-35(63-25(2)53)21-43(37)73-51(47)33-13-15-39(65-27(4)55)45(17-33)69-31(8)59/h12-21,46-47,50-51H,9-11,22-23H2,1-8H3/t46-,47-,50+,51+/m0/s1. The molecule has 0 amide bonds. The Bertz CT molecular complexity index is 2710. The van der Waals surface area contributed by atoms with Gasteiger partial charge in [0.05, 0.1) is 0 Å². The highest BCUT2D eigenvalue weighted by molar-refractivity contribution is 5.77. The minimum Gasteiger partial charge on any atom is -0.481 e. The van der Waals surface area contributed by atoms with Crippen LogP contribution < -0.4 is 47.4 Å². The summed E-state index contributed by atoms with van der Waals surface area (Å²) in [4.78, 5) is 124. The average Bonchev–Trinajstić information content (AvgIpc) is 3.26. The third kappa shape index (κ3) is 14.6. The molecule has 2 aliphatic rings. The lowest BCUT2D eigenvalue weighted by atomic mass is 9.93. The van der Waals surface area contributed by atoms with E-state index in [1.54, 1.807) is 0 Å². The first-order valence-corrected chi connectivity index (χ1v) is 22.3. The molecular formula is C51H48O22. The summed E-state index contributed by atoms with van der Waals surface area (Å²) in [6.45, 7) is 9.18. The van der Waals surface area contributed by atoms with Crippen LogP contribution in [0.5, 0.6) is 57.5 Å².